The normalized spacial score (nSPS) is 15.2. The van der Waals surface area contributed by atoms with Crippen LogP contribution in [-0.2, 0) is 11.3 Å². The second-order valence-corrected chi connectivity index (χ2v) is 4.95. The number of para-hydroxylation sites is 1. The molecule has 1 aromatic rings. The highest BCUT2D eigenvalue weighted by atomic mass is 16.5. The van der Waals surface area contributed by atoms with Gasteiger partial charge in [0.05, 0.1) is 0 Å². The molecule has 1 aliphatic carbocycles. The molecule has 0 atom stereocenters. The molecular weight excluding hydrogens is 224 g/mol. The maximum absolute atomic E-state index is 6.01. The molecule has 0 unspecified atom stereocenters. The Morgan fingerprint density at radius 1 is 1.33 bits per heavy atom. The van der Waals surface area contributed by atoms with Gasteiger partial charge in [-0.05, 0) is 37.8 Å². The first-order valence-corrected chi connectivity index (χ1v) is 6.96. The molecule has 0 aliphatic heterocycles. The van der Waals surface area contributed by atoms with E-state index in [4.69, 9.17) is 10.5 Å². The zero-order valence-electron chi connectivity index (χ0n) is 11.3. The van der Waals surface area contributed by atoms with Gasteiger partial charge in [-0.15, -0.1) is 0 Å². The van der Waals surface area contributed by atoms with Gasteiger partial charge < -0.3 is 10.5 Å². The number of hydrogen-bond acceptors (Lipinski definition) is 3. The Hall–Kier alpha value is -1.06. The van der Waals surface area contributed by atoms with Crippen LogP contribution in [0.15, 0.2) is 24.3 Å². The lowest BCUT2D eigenvalue weighted by atomic mass is 10.1. The molecule has 100 valence electrons. The first-order chi connectivity index (χ1) is 8.81. The molecule has 0 radical (unpaired) electrons. The van der Waals surface area contributed by atoms with Gasteiger partial charge in [0.25, 0.3) is 0 Å². The third kappa shape index (κ3) is 4.00. The molecule has 1 aromatic carbocycles. The Labute approximate surface area is 110 Å². The van der Waals surface area contributed by atoms with Gasteiger partial charge in [-0.25, -0.2) is 0 Å². The fourth-order valence-corrected chi connectivity index (χ4v) is 2.24. The Morgan fingerprint density at radius 2 is 2.11 bits per heavy atom. The Balaban J connectivity index is 1.84. The summed E-state index contributed by atoms with van der Waals surface area (Å²) in [6.45, 7) is 5.81. The lowest BCUT2D eigenvalue weighted by molar-refractivity contribution is 0.129. The first-order valence-electron chi connectivity index (χ1n) is 6.96. The molecule has 0 saturated heterocycles. The topological polar surface area (TPSA) is 38.5 Å². The van der Waals surface area contributed by atoms with Crippen LogP contribution in [0.5, 0.6) is 0 Å². The summed E-state index contributed by atoms with van der Waals surface area (Å²) in [6, 6.07) is 8.95. The van der Waals surface area contributed by atoms with Crippen molar-refractivity contribution in [2.45, 2.75) is 38.8 Å². The van der Waals surface area contributed by atoms with Crippen LogP contribution < -0.4 is 5.73 Å². The van der Waals surface area contributed by atoms with Crippen LogP contribution in [0.25, 0.3) is 0 Å². The highest BCUT2D eigenvalue weighted by Crippen LogP contribution is 2.29. The SMILES string of the molecule is CCOCCCN(Cc1ccccc1N)C1CC1. The number of nitrogen functional groups attached to an aromatic ring is 1. The number of ether oxygens (including phenoxy) is 1. The van der Waals surface area contributed by atoms with Crippen molar-refractivity contribution in [1.29, 1.82) is 0 Å². The van der Waals surface area contributed by atoms with E-state index in [1.54, 1.807) is 0 Å². The minimum absolute atomic E-state index is 0.770. The van der Waals surface area contributed by atoms with Crippen LogP contribution in [-0.4, -0.2) is 30.7 Å². The summed E-state index contributed by atoms with van der Waals surface area (Å²) in [4.78, 5) is 2.55. The predicted molar refractivity (Wildman–Crippen MR) is 75.4 cm³/mol. The van der Waals surface area contributed by atoms with Crippen molar-refractivity contribution in [3.63, 3.8) is 0 Å². The summed E-state index contributed by atoms with van der Waals surface area (Å²) < 4.78 is 5.41. The summed E-state index contributed by atoms with van der Waals surface area (Å²) in [5.41, 5.74) is 8.18. The number of nitrogens with two attached hydrogens (primary N) is 1. The van der Waals surface area contributed by atoms with Crippen molar-refractivity contribution < 1.29 is 4.74 Å². The van der Waals surface area contributed by atoms with Crippen molar-refractivity contribution in [3.8, 4) is 0 Å². The third-order valence-electron chi connectivity index (χ3n) is 3.43. The van der Waals surface area contributed by atoms with E-state index in [0.29, 0.717) is 0 Å². The standard InChI is InChI=1S/C15H24N2O/c1-2-18-11-5-10-17(14-8-9-14)12-13-6-3-4-7-15(13)16/h3-4,6-7,14H,2,5,8-12,16H2,1H3. The molecule has 2 rings (SSSR count). The zero-order chi connectivity index (χ0) is 12.8. The van der Waals surface area contributed by atoms with Crippen molar-refractivity contribution in [3.05, 3.63) is 29.8 Å². The van der Waals surface area contributed by atoms with Crippen LogP contribution in [0, 0.1) is 0 Å². The third-order valence-corrected chi connectivity index (χ3v) is 3.43. The Bertz CT molecular complexity index is 363. The van der Waals surface area contributed by atoms with Crippen LogP contribution in [0.2, 0.25) is 0 Å². The van der Waals surface area contributed by atoms with Gasteiger partial charge in [0, 0.05) is 38.0 Å². The lowest BCUT2D eigenvalue weighted by Crippen LogP contribution is -2.27. The Kier molecular flexibility index (Phi) is 5.02. The molecule has 3 heteroatoms. The smallest absolute Gasteiger partial charge is 0.0478 e. The summed E-state index contributed by atoms with van der Waals surface area (Å²) in [5.74, 6) is 0. The van der Waals surface area contributed by atoms with E-state index in [1.165, 1.54) is 18.4 Å². The molecular formula is C15H24N2O. The number of hydrogen-bond donors (Lipinski definition) is 1. The van der Waals surface area contributed by atoms with Crippen LogP contribution in [0.1, 0.15) is 31.7 Å². The van der Waals surface area contributed by atoms with Crippen molar-refractivity contribution in [2.75, 3.05) is 25.5 Å². The molecule has 0 spiro atoms. The van der Waals surface area contributed by atoms with E-state index in [0.717, 1.165) is 44.5 Å². The number of benzene rings is 1. The van der Waals surface area contributed by atoms with E-state index < -0.39 is 0 Å². The van der Waals surface area contributed by atoms with Gasteiger partial charge in [-0.3, -0.25) is 4.90 Å². The highest BCUT2D eigenvalue weighted by molar-refractivity contribution is 5.46. The van der Waals surface area contributed by atoms with Gasteiger partial charge in [0.2, 0.25) is 0 Å². The summed E-state index contributed by atoms with van der Waals surface area (Å²) in [5, 5.41) is 0. The second-order valence-electron chi connectivity index (χ2n) is 4.95. The van der Waals surface area contributed by atoms with Gasteiger partial charge >= 0.3 is 0 Å². The maximum Gasteiger partial charge on any atom is 0.0478 e. The van der Waals surface area contributed by atoms with E-state index in [9.17, 15) is 0 Å². The van der Waals surface area contributed by atoms with E-state index in [1.807, 2.05) is 19.1 Å². The summed E-state index contributed by atoms with van der Waals surface area (Å²) in [6.07, 6.45) is 3.78. The van der Waals surface area contributed by atoms with Gasteiger partial charge in [-0.1, -0.05) is 18.2 Å². The lowest BCUT2D eigenvalue weighted by Gasteiger charge is -2.22. The first kappa shape index (κ1) is 13.4. The average Bonchev–Trinajstić information content (AvgIpc) is 3.20. The second kappa shape index (κ2) is 6.76. The van der Waals surface area contributed by atoms with E-state index in [2.05, 4.69) is 17.0 Å². The molecule has 0 bridgehead atoms. The predicted octanol–water partition coefficient (Wildman–Crippen LogP) is 2.66. The van der Waals surface area contributed by atoms with Crippen LogP contribution in [0.3, 0.4) is 0 Å². The molecule has 0 heterocycles. The molecule has 1 saturated carbocycles. The van der Waals surface area contributed by atoms with E-state index >= 15 is 0 Å². The minimum atomic E-state index is 0.770. The van der Waals surface area contributed by atoms with Crippen LogP contribution >= 0.6 is 0 Å². The van der Waals surface area contributed by atoms with E-state index in [-0.39, 0.29) is 0 Å². The van der Waals surface area contributed by atoms with Crippen LogP contribution in [0.4, 0.5) is 5.69 Å². The van der Waals surface area contributed by atoms with Crippen molar-refractivity contribution >= 4 is 5.69 Å². The van der Waals surface area contributed by atoms with Crippen molar-refractivity contribution in [1.82, 2.24) is 4.90 Å². The maximum atomic E-state index is 6.01. The monoisotopic (exact) mass is 248 g/mol. The largest absolute Gasteiger partial charge is 0.398 e. The molecule has 2 N–H and O–H groups in total. The molecule has 1 fully saturated rings. The molecule has 3 nitrogen and oxygen atoms in total. The average molecular weight is 248 g/mol. The molecule has 1 aliphatic rings. The minimum Gasteiger partial charge on any atom is -0.398 e. The number of nitrogens with zero attached hydrogens (tertiary/aromatic N) is 1. The van der Waals surface area contributed by atoms with Gasteiger partial charge in [0.15, 0.2) is 0 Å². The molecule has 0 amide bonds. The van der Waals surface area contributed by atoms with Crippen molar-refractivity contribution in [2.24, 2.45) is 0 Å². The summed E-state index contributed by atoms with van der Waals surface area (Å²) >= 11 is 0. The van der Waals surface area contributed by atoms with Gasteiger partial charge in [0.1, 0.15) is 0 Å². The molecule has 0 aromatic heterocycles. The quantitative estimate of drug-likeness (QED) is 0.568. The fraction of sp³-hybridized carbons (Fsp3) is 0.600. The zero-order valence-corrected chi connectivity index (χ0v) is 11.3. The fourth-order valence-electron chi connectivity index (χ4n) is 2.24. The summed E-state index contributed by atoms with van der Waals surface area (Å²) in [7, 11) is 0. The highest BCUT2D eigenvalue weighted by Gasteiger charge is 2.28. The Morgan fingerprint density at radius 3 is 2.78 bits per heavy atom. The molecule has 18 heavy (non-hydrogen) atoms. The number of rotatable bonds is 8. The number of anilines is 1. The van der Waals surface area contributed by atoms with Gasteiger partial charge in [-0.2, -0.15) is 0 Å².